The summed E-state index contributed by atoms with van der Waals surface area (Å²) in [6, 6.07) is 7.87. The van der Waals surface area contributed by atoms with Crippen LogP contribution in [0.3, 0.4) is 0 Å². The summed E-state index contributed by atoms with van der Waals surface area (Å²) in [5, 5.41) is 0. The number of likely N-dealkylation sites (tertiary alicyclic amines) is 2. The zero-order valence-electron chi connectivity index (χ0n) is 16.4. The zero-order valence-corrected chi connectivity index (χ0v) is 16.4. The van der Waals surface area contributed by atoms with Crippen molar-refractivity contribution in [3.05, 3.63) is 35.9 Å². The predicted molar refractivity (Wildman–Crippen MR) is 102 cm³/mol. The monoisotopic (exact) mass is 378 g/mol. The highest BCUT2D eigenvalue weighted by molar-refractivity contribution is 6.14. The first-order chi connectivity index (χ1) is 13.2. The molecule has 1 unspecified atom stereocenters. The van der Waals surface area contributed by atoms with E-state index in [0.717, 1.165) is 4.90 Å². The standard InChI is InChI=1S/C22H22N2O4/c1-7-14-24-16(8-2)20(3)17(25)23(5)18(26)21(20,4)22(24,19(27)28-6)15-12-10-9-11-13-15/h1-2,9-13,16H,14H2,3-6H3/t16-,20-,21+,22?/m1/s1. The van der Waals surface area contributed by atoms with Gasteiger partial charge in [-0.1, -0.05) is 42.2 Å². The molecule has 2 aliphatic heterocycles. The van der Waals surface area contributed by atoms with Gasteiger partial charge in [-0.05, 0) is 19.4 Å². The molecule has 4 atom stereocenters. The van der Waals surface area contributed by atoms with Gasteiger partial charge in [-0.3, -0.25) is 19.4 Å². The van der Waals surface area contributed by atoms with Crippen LogP contribution in [0.4, 0.5) is 0 Å². The molecule has 0 aliphatic carbocycles. The minimum Gasteiger partial charge on any atom is -0.467 e. The van der Waals surface area contributed by atoms with Crippen molar-refractivity contribution in [3.63, 3.8) is 0 Å². The number of hydrogen-bond donors (Lipinski definition) is 0. The Labute approximate surface area is 164 Å². The molecule has 3 rings (SSSR count). The molecule has 6 nitrogen and oxygen atoms in total. The van der Waals surface area contributed by atoms with Crippen molar-refractivity contribution < 1.29 is 19.1 Å². The largest absolute Gasteiger partial charge is 0.467 e. The first-order valence-electron chi connectivity index (χ1n) is 8.84. The Kier molecular flexibility index (Phi) is 4.37. The van der Waals surface area contributed by atoms with Gasteiger partial charge in [0.25, 0.3) is 0 Å². The Morgan fingerprint density at radius 3 is 2.29 bits per heavy atom. The third kappa shape index (κ3) is 1.81. The molecular formula is C22H22N2O4. The summed E-state index contributed by atoms with van der Waals surface area (Å²) in [7, 11) is 2.65. The number of methoxy groups -OCH3 is 1. The number of hydrogen-bond acceptors (Lipinski definition) is 5. The molecule has 0 bridgehead atoms. The zero-order chi connectivity index (χ0) is 20.9. The molecule has 144 valence electrons. The topological polar surface area (TPSA) is 66.9 Å². The normalized spacial score (nSPS) is 34.6. The van der Waals surface area contributed by atoms with Crippen LogP contribution in [0, 0.1) is 35.5 Å². The van der Waals surface area contributed by atoms with E-state index in [0.29, 0.717) is 5.56 Å². The van der Waals surface area contributed by atoms with Crippen LogP contribution in [0.5, 0.6) is 0 Å². The Balaban J connectivity index is 2.53. The number of rotatable bonds is 3. The van der Waals surface area contributed by atoms with Gasteiger partial charge >= 0.3 is 5.97 Å². The fourth-order valence-corrected chi connectivity index (χ4v) is 5.21. The average Bonchev–Trinajstić information content (AvgIpc) is 2.96. The molecule has 0 saturated carbocycles. The summed E-state index contributed by atoms with van der Waals surface area (Å²) in [5.74, 6) is 3.55. The van der Waals surface area contributed by atoms with Crippen molar-refractivity contribution in [1.82, 2.24) is 9.80 Å². The maximum Gasteiger partial charge on any atom is 0.332 e. The average molecular weight is 378 g/mol. The summed E-state index contributed by atoms with van der Waals surface area (Å²) >= 11 is 0. The molecule has 2 aliphatic rings. The maximum atomic E-state index is 13.5. The Morgan fingerprint density at radius 1 is 1.18 bits per heavy atom. The molecule has 2 amide bonds. The van der Waals surface area contributed by atoms with Crippen LogP contribution in [-0.2, 0) is 24.7 Å². The fourth-order valence-electron chi connectivity index (χ4n) is 5.21. The number of carbonyl (C=O) groups is 3. The third-order valence-electron chi connectivity index (χ3n) is 6.62. The van der Waals surface area contributed by atoms with Gasteiger partial charge < -0.3 is 4.74 Å². The van der Waals surface area contributed by atoms with E-state index in [-0.39, 0.29) is 6.54 Å². The Morgan fingerprint density at radius 2 is 1.79 bits per heavy atom. The lowest BCUT2D eigenvalue weighted by Gasteiger charge is -2.44. The number of esters is 1. The van der Waals surface area contributed by atoms with Crippen molar-refractivity contribution in [2.24, 2.45) is 10.8 Å². The van der Waals surface area contributed by atoms with Crippen LogP contribution in [0.2, 0.25) is 0 Å². The molecular weight excluding hydrogens is 356 g/mol. The quantitative estimate of drug-likeness (QED) is 0.446. The fraction of sp³-hybridized carbons (Fsp3) is 0.409. The minimum absolute atomic E-state index is 0.0334. The van der Waals surface area contributed by atoms with Crippen molar-refractivity contribution in [3.8, 4) is 24.7 Å². The molecule has 6 heteroatoms. The van der Waals surface area contributed by atoms with Gasteiger partial charge in [0, 0.05) is 7.05 Å². The van der Waals surface area contributed by atoms with Crippen LogP contribution in [0.15, 0.2) is 30.3 Å². The number of ether oxygens (including phenoxy) is 1. The second-order valence-corrected chi connectivity index (χ2v) is 7.47. The molecule has 0 N–H and O–H groups in total. The van der Waals surface area contributed by atoms with Crippen LogP contribution in [-0.4, -0.2) is 54.3 Å². The van der Waals surface area contributed by atoms with E-state index in [1.807, 2.05) is 0 Å². The highest BCUT2D eigenvalue weighted by atomic mass is 16.5. The van der Waals surface area contributed by atoms with Gasteiger partial charge in [0.1, 0.15) is 0 Å². The van der Waals surface area contributed by atoms with Crippen LogP contribution in [0.1, 0.15) is 19.4 Å². The first kappa shape index (κ1) is 19.7. The Bertz CT molecular complexity index is 944. The van der Waals surface area contributed by atoms with E-state index < -0.39 is 40.2 Å². The van der Waals surface area contributed by atoms with Crippen molar-refractivity contribution in [2.75, 3.05) is 20.7 Å². The number of benzene rings is 1. The van der Waals surface area contributed by atoms with Gasteiger partial charge in [-0.25, -0.2) is 4.79 Å². The molecule has 2 saturated heterocycles. The molecule has 1 aromatic carbocycles. The summed E-state index contributed by atoms with van der Waals surface area (Å²) < 4.78 is 5.20. The second-order valence-electron chi connectivity index (χ2n) is 7.47. The van der Waals surface area contributed by atoms with E-state index in [1.165, 1.54) is 14.2 Å². The van der Waals surface area contributed by atoms with Gasteiger partial charge in [-0.2, -0.15) is 0 Å². The number of amides is 2. The molecule has 1 aromatic rings. The lowest BCUT2D eigenvalue weighted by molar-refractivity contribution is -0.167. The van der Waals surface area contributed by atoms with E-state index in [1.54, 1.807) is 49.1 Å². The Hall–Kier alpha value is -3.09. The second kappa shape index (κ2) is 6.22. The van der Waals surface area contributed by atoms with Gasteiger partial charge in [0.15, 0.2) is 5.54 Å². The maximum absolute atomic E-state index is 13.5. The number of terminal acetylenes is 2. The van der Waals surface area contributed by atoms with E-state index >= 15 is 0 Å². The molecule has 0 radical (unpaired) electrons. The van der Waals surface area contributed by atoms with Crippen LogP contribution >= 0.6 is 0 Å². The van der Waals surface area contributed by atoms with Crippen molar-refractivity contribution >= 4 is 17.8 Å². The highest BCUT2D eigenvalue weighted by Crippen LogP contribution is 2.67. The van der Waals surface area contributed by atoms with Gasteiger partial charge in [-0.15, -0.1) is 12.8 Å². The van der Waals surface area contributed by atoms with E-state index in [4.69, 9.17) is 17.6 Å². The van der Waals surface area contributed by atoms with Crippen molar-refractivity contribution in [2.45, 2.75) is 25.4 Å². The smallest absolute Gasteiger partial charge is 0.332 e. The molecule has 0 spiro atoms. The predicted octanol–water partition coefficient (Wildman–Crippen LogP) is 1.02. The van der Waals surface area contributed by atoms with Crippen LogP contribution < -0.4 is 0 Å². The summed E-state index contributed by atoms with van der Waals surface area (Å²) in [6.45, 7) is 3.22. The SMILES string of the molecule is C#CCN1[C@H](C#C)[C@]2(C)C(=O)N(C)C(=O)[C@]2(C)C1(C(=O)OC)c1ccccc1. The van der Waals surface area contributed by atoms with Gasteiger partial charge in [0.05, 0.1) is 30.5 Å². The summed E-state index contributed by atoms with van der Waals surface area (Å²) in [6.07, 6.45) is 11.5. The molecule has 28 heavy (non-hydrogen) atoms. The van der Waals surface area contributed by atoms with Gasteiger partial charge in [0.2, 0.25) is 11.8 Å². The number of fused-ring (bicyclic) bond motifs is 1. The third-order valence-corrected chi connectivity index (χ3v) is 6.62. The van der Waals surface area contributed by atoms with E-state index in [2.05, 4.69) is 11.8 Å². The number of carbonyl (C=O) groups excluding carboxylic acids is 3. The highest BCUT2D eigenvalue weighted by Gasteiger charge is 2.84. The number of imide groups is 1. The summed E-state index contributed by atoms with van der Waals surface area (Å²) in [5.41, 5.74) is -4.04. The van der Waals surface area contributed by atoms with Crippen LogP contribution in [0.25, 0.3) is 0 Å². The lowest BCUT2D eigenvalue weighted by atomic mass is 9.57. The first-order valence-corrected chi connectivity index (χ1v) is 8.84. The number of nitrogens with zero attached hydrogens (tertiary/aromatic N) is 2. The molecule has 0 aromatic heterocycles. The van der Waals surface area contributed by atoms with Crippen molar-refractivity contribution in [1.29, 1.82) is 0 Å². The van der Waals surface area contributed by atoms with E-state index in [9.17, 15) is 14.4 Å². The minimum atomic E-state index is -1.65. The molecule has 2 heterocycles. The molecule has 2 fully saturated rings. The summed E-state index contributed by atoms with van der Waals surface area (Å²) in [4.78, 5) is 42.8. The lowest BCUT2D eigenvalue weighted by Crippen LogP contribution is -2.61.